The number of hydrogen-bond donors (Lipinski definition) is 3. The normalized spacial score (nSPS) is 11.0. The zero-order valence-corrected chi connectivity index (χ0v) is 18.0. The lowest BCUT2D eigenvalue weighted by molar-refractivity contribution is -0.115. The number of ether oxygens (including phenoxy) is 2. The minimum absolute atomic E-state index is 0.0948. The molecule has 0 aliphatic carbocycles. The Kier molecular flexibility index (Phi) is 8.13. The number of aryl methyl sites for hydroxylation is 1. The number of rotatable bonds is 7. The maximum atomic E-state index is 12.2. The molecule has 0 saturated heterocycles. The second kappa shape index (κ2) is 10.6. The molecule has 28 heavy (non-hydrogen) atoms. The van der Waals surface area contributed by atoms with Crippen LogP contribution in [0.1, 0.15) is 11.1 Å². The molecule has 0 unspecified atom stereocenters. The summed E-state index contributed by atoms with van der Waals surface area (Å²) in [6.45, 7) is 2.56. The Morgan fingerprint density at radius 1 is 1.07 bits per heavy atom. The van der Waals surface area contributed by atoms with Gasteiger partial charge in [0.2, 0.25) is 5.91 Å². The van der Waals surface area contributed by atoms with Gasteiger partial charge in [-0.15, -0.1) is 0 Å². The Morgan fingerprint density at radius 3 is 2.50 bits per heavy atom. The van der Waals surface area contributed by atoms with E-state index in [1.54, 1.807) is 21.3 Å². The van der Waals surface area contributed by atoms with Crippen molar-refractivity contribution in [2.75, 3.05) is 33.1 Å². The molecule has 0 aromatic heterocycles. The number of halogens is 1. The zero-order chi connectivity index (χ0) is 20.5. The smallest absolute Gasteiger partial charge is 0.243 e. The molecule has 0 spiro atoms. The van der Waals surface area contributed by atoms with Gasteiger partial charge in [-0.2, -0.15) is 0 Å². The summed E-state index contributed by atoms with van der Waals surface area (Å²) in [5, 5.41) is 9.06. The number of benzene rings is 2. The molecule has 0 radical (unpaired) electrons. The van der Waals surface area contributed by atoms with Gasteiger partial charge in [-0.25, -0.2) is 0 Å². The van der Waals surface area contributed by atoms with Crippen LogP contribution in [0.15, 0.2) is 45.9 Å². The first-order valence-corrected chi connectivity index (χ1v) is 9.47. The second-order valence-electron chi connectivity index (χ2n) is 5.98. The average Bonchev–Trinajstić information content (AvgIpc) is 2.70. The summed E-state index contributed by atoms with van der Waals surface area (Å²) in [6.07, 6.45) is 0. The van der Waals surface area contributed by atoms with Crippen LogP contribution in [0.2, 0.25) is 0 Å². The molecule has 0 aliphatic rings. The van der Waals surface area contributed by atoms with Crippen LogP contribution in [0.25, 0.3) is 0 Å². The lowest BCUT2D eigenvalue weighted by Gasteiger charge is -2.14. The van der Waals surface area contributed by atoms with Crippen molar-refractivity contribution in [2.45, 2.75) is 13.5 Å². The lowest BCUT2D eigenvalue weighted by atomic mass is 10.2. The third-order valence-corrected chi connectivity index (χ3v) is 4.51. The molecule has 0 fully saturated rings. The summed E-state index contributed by atoms with van der Waals surface area (Å²) in [7, 11) is 4.85. The van der Waals surface area contributed by atoms with E-state index in [9.17, 15) is 4.79 Å². The third-order valence-electron chi connectivity index (χ3n) is 4.02. The van der Waals surface area contributed by atoms with Crippen LogP contribution >= 0.6 is 15.9 Å². The fourth-order valence-corrected chi connectivity index (χ4v) is 2.85. The van der Waals surface area contributed by atoms with Crippen molar-refractivity contribution in [1.29, 1.82) is 0 Å². The quantitative estimate of drug-likeness (QED) is 0.447. The van der Waals surface area contributed by atoms with E-state index in [0.717, 1.165) is 21.3 Å². The predicted octanol–water partition coefficient (Wildman–Crippen LogP) is 3.08. The van der Waals surface area contributed by atoms with Crippen molar-refractivity contribution < 1.29 is 14.3 Å². The summed E-state index contributed by atoms with van der Waals surface area (Å²) in [5.74, 6) is 1.70. The standard InChI is InChI=1S/C20H25BrN4O3/c1-13-5-7-15(21)10-16(13)25-19(26)12-24-20(22-2)23-11-14-6-8-17(27-3)18(9-14)28-4/h5-10H,11-12H2,1-4H3,(H,25,26)(H2,22,23,24). The van der Waals surface area contributed by atoms with Crippen LogP contribution in [0.4, 0.5) is 5.69 Å². The van der Waals surface area contributed by atoms with Crippen LogP contribution in [0, 0.1) is 6.92 Å². The van der Waals surface area contributed by atoms with Crippen molar-refractivity contribution >= 4 is 33.5 Å². The Bertz CT molecular complexity index is 855. The fraction of sp³-hybridized carbons (Fsp3) is 0.300. The van der Waals surface area contributed by atoms with Gasteiger partial charge < -0.3 is 25.4 Å². The van der Waals surface area contributed by atoms with Crippen molar-refractivity contribution in [1.82, 2.24) is 10.6 Å². The SMILES string of the molecule is CN=C(NCC(=O)Nc1cc(Br)ccc1C)NCc1ccc(OC)c(OC)c1. The van der Waals surface area contributed by atoms with E-state index in [4.69, 9.17) is 9.47 Å². The number of carbonyl (C=O) groups is 1. The van der Waals surface area contributed by atoms with Gasteiger partial charge in [-0.05, 0) is 42.3 Å². The summed E-state index contributed by atoms with van der Waals surface area (Å²) < 4.78 is 11.5. The molecule has 1 amide bonds. The van der Waals surface area contributed by atoms with E-state index in [1.807, 2.05) is 43.3 Å². The maximum Gasteiger partial charge on any atom is 0.243 e. The molecule has 2 aromatic rings. The minimum atomic E-state index is -0.157. The Hall–Kier alpha value is -2.74. The average molecular weight is 449 g/mol. The molecule has 0 saturated carbocycles. The maximum absolute atomic E-state index is 12.2. The van der Waals surface area contributed by atoms with Crippen molar-refractivity contribution in [3.63, 3.8) is 0 Å². The fourth-order valence-electron chi connectivity index (χ4n) is 2.48. The topological polar surface area (TPSA) is 84.0 Å². The number of aliphatic imine (C=N–C) groups is 1. The van der Waals surface area contributed by atoms with Crippen molar-refractivity contribution in [2.24, 2.45) is 4.99 Å². The number of nitrogens with zero attached hydrogens (tertiary/aromatic N) is 1. The molecule has 2 rings (SSSR count). The molecule has 0 bridgehead atoms. The van der Waals surface area contributed by atoms with Crippen LogP contribution in [0.3, 0.4) is 0 Å². The van der Waals surface area contributed by atoms with E-state index in [1.165, 1.54) is 0 Å². The largest absolute Gasteiger partial charge is 0.493 e. The van der Waals surface area contributed by atoms with Crippen molar-refractivity contribution in [3.8, 4) is 11.5 Å². The first-order valence-electron chi connectivity index (χ1n) is 8.68. The van der Waals surface area contributed by atoms with Gasteiger partial charge in [0.1, 0.15) is 0 Å². The number of carbonyl (C=O) groups excluding carboxylic acids is 1. The van der Waals surface area contributed by atoms with Crippen LogP contribution in [0.5, 0.6) is 11.5 Å². The molecule has 8 heteroatoms. The predicted molar refractivity (Wildman–Crippen MR) is 115 cm³/mol. The van der Waals surface area contributed by atoms with Crippen LogP contribution < -0.4 is 25.4 Å². The first kappa shape index (κ1) is 21.6. The van der Waals surface area contributed by atoms with Gasteiger partial charge in [-0.1, -0.05) is 28.1 Å². The van der Waals surface area contributed by atoms with E-state index >= 15 is 0 Å². The Labute approximate surface area is 173 Å². The van der Waals surface area contributed by atoms with Crippen LogP contribution in [-0.4, -0.2) is 39.7 Å². The van der Waals surface area contributed by atoms with Gasteiger partial charge in [0.25, 0.3) is 0 Å². The van der Waals surface area contributed by atoms with Crippen molar-refractivity contribution in [3.05, 3.63) is 52.0 Å². The molecule has 0 atom stereocenters. The molecule has 0 heterocycles. The second-order valence-corrected chi connectivity index (χ2v) is 6.89. The van der Waals surface area contributed by atoms with Crippen LogP contribution in [-0.2, 0) is 11.3 Å². The highest BCUT2D eigenvalue weighted by Gasteiger charge is 2.08. The molecule has 2 aromatic carbocycles. The van der Waals surface area contributed by atoms with E-state index in [-0.39, 0.29) is 12.5 Å². The van der Waals surface area contributed by atoms with Gasteiger partial charge in [0.15, 0.2) is 17.5 Å². The molecular weight excluding hydrogens is 424 g/mol. The number of hydrogen-bond acceptors (Lipinski definition) is 4. The highest BCUT2D eigenvalue weighted by atomic mass is 79.9. The summed E-state index contributed by atoms with van der Waals surface area (Å²) in [4.78, 5) is 16.4. The highest BCUT2D eigenvalue weighted by Crippen LogP contribution is 2.27. The highest BCUT2D eigenvalue weighted by molar-refractivity contribution is 9.10. The number of anilines is 1. The lowest BCUT2D eigenvalue weighted by Crippen LogP contribution is -2.41. The van der Waals surface area contributed by atoms with E-state index in [0.29, 0.717) is 24.0 Å². The monoisotopic (exact) mass is 448 g/mol. The molecule has 3 N–H and O–H groups in total. The van der Waals surface area contributed by atoms with Gasteiger partial charge in [0, 0.05) is 23.8 Å². The molecular formula is C20H25BrN4O3. The number of amides is 1. The number of guanidine groups is 1. The van der Waals surface area contributed by atoms with E-state index < -0.39 is 0 Å². The number of methoxy groups -OCH3 is 2. The van der Waals surface area contributed by atoms with E-state index in [2.05, 4.69) is 36.9 Å². The third kappa shape index (κ3) is 6.16. The molecule has 150 valence electrons. The molecule has 0 aliphatic heterocycles. The Balaban J connectivity index is 1.87. The minimum Gasteiger partial charge on any atom is -0.493 e. The molecule has 7 nitrogen and oxygen atoms in total. The summed E-state index contributed by atoms with van der Waals surface area (Å²) >= 11 is 3.41. The first-order chi connectivity index (χ1) is 13.5. The zero-order valence-electron chi connectivity index (χ0n) is 16.4. The summed E-state index contributed by atoms with van der Waals surface area (Å²) in [5.41, 5.74) is 2.76. The van der Waals surface area contributed by atoms with Gasteiger partial charge >= 0.3 is 0 Å². The van der Waals surface area contributed by atoms with Gasteiger partial charge in [-0.3, -0.25) is 9.79 Å². The van der Waals surface area contributed by atoms with Gasteiger partial charge in [0.05, 0.1) is 20.8 Å². The number of nitrogens with one attached hydrogen (secondary N) is 3. The Morgan fingerprint density at radius 2 is 1.82 bits per heavy atom. The summed E-state index contributed by atoms with van der Waals surface area (Å²) in [6, 6.07) is 11.4.